The number of carbonyl (C=O) groups excluding carboxylic acids is 1. The number of hydrogen-bond acceptors (Lipinski definition) is 4. The minimum atomic E-state index is -0.384. The highest BCUT2D eigenvalue weighted by atomic mass is 32.2. The molecule has 0 unspecified atom stereocenters. The zero-order chi connectivity index (χ0) is 10.3. The second kappa shape index (κ2) is 7.21. The predicted octanol–water partition coefficient (Wildman–Crippen LogP) is 2.05. The van der Waals surface area contributed by atoms with E-state index in [1.54, 1.807) is 6.92 Å². The Bertz CT molecular complexity index is 150. The van der Waals surface area contributed by atoms with E-state index in [1.807, 2.05) is 20.8 Å². The molecule has 1 heterocycles. The average molecular weight is 206 g/mol. The maximum absolute atomic E-state index is 11.0. The van der Waals surface area contributed by atoms with E-state index in [4.69, 9.17) is 9.47 Å². The number of rotatable bonds is 2. The van der Waals surface area contributed by atoms with Crippen molar-refractivity contribution >= 4 is 17.7 Å². The molecule has 0 saturated carbocycles. The Balaban J connectivity index is 0.000000671. The van der Waals surface area contributed by atoms with Gasteiger partial charge in [-0.1, -0.05) is 13.8 Å². The molecule has 1 saturated heterocycles. The molecule has 2 atom stereocenters. The summed E-state index contributed by atoms with van der Waals surface area (Å²) in [6.07, 6.45) is 0.175. The first-order chi connectivity index (χ1) is 6.24. The van der Waals surface area contributed by atoms with Crippen molar-refractivity contribution in [2.75, 3.05) is 12.4 Å². The van der Waals surface area contributed by atoms with Crippen molar-refractivity contribution in [2.24, 2.45) is 0 Å². The van der Waals surface area contributed by atoms with E-state index in [0.717, 1.165) is 5.75 Å². The zero-order valence-corrected chi connectivity index (χ0v) is 9.52. The Morgan fingerprint density at radius 2 is 2.23 bits per heavy atom. The average Bonchev–Trinajstić information content (AvgIpc) is 2.56. The first kappa shape index (κ1) is 12.8. The molecule has 0 aromatic rings. The molecule has 0 N–H and O–H groups in total. The number of carbonyl (C=O) groups is 1. The minimum absolute atomic E-state index is 0.175. The first-order valence-corrected chi connectivity index (χ1v) is 5.72. The van der Waals surface area contributed by atoms with E-state index in [0.29, 0.717) is 6.61 Å². The standard InChI is InChI=1S/C7H12O3S.C2H6/c1-3-9-6(8)7-10-5(2)4-11-7;1-2/h5,7H,3-4H2,1-2H3;1-2H3/t5-,7-;/m0./s1. The summed E-state index contributed by atoms with van der Waals surface area (Å²) in [7, 11) is 0. The van der Waals surface area contributed by atoms with Crippen LogP contribution in [0.25, 0.3) is 0 Å². The third kappa shape index (κ3) is 4.52. The second-order valence-electron chi connectivity index (χ2n) is 2.36. The molecule has 1 fully saturated rings. The fourth-order valence-corrected chi connectivity index (χ4v) is 1.84. The van der Waals surface area contributed by atoms with Gasteiger partial charge in [0.1, 0.15) is 0 Å². The van der Waals surface area contributed by atoms with Crippen LogP contribution < -0.4 is 0 Å². The smallest absolute Gasteiger partial charge is 0.345 e. The topological polar surface area (TPSA) is 35.5 Å². The molecule has 1 rings (SSSR count). The highest BCUT2D eigenvalue weighted by Gasteiger charge is 2.29. The van der Waals surface area contributed by atoms with Gasteiger partial charge in [-0.2, -0.15) is 0 Å². The Kier molecular flexibility index (Phi) is 7.09. The van der Waals surface area contributed by atoms with Gasteiger partial charge in [-0.15, -0.1) is 11.8 Å². The van der Waals surface area contributed by atoms with Crippen molar-refractivity contribution in [3.63, 3.8) is 0 Å². The second-order valence-corrected chi connectivity index (χ2v) is 3.46. The third-order valence-corrected chi connectivity index (χ3v) is 2.59. The van der Waals surface area contributed by atoms with Gasteiger partial charge in [-0.05, 0) is 13.8 Å². The number of esters is 1. The molecule has 0 spiro atoms. The summed E-state index contributed by atoms with van der Waals surface area (Å²) in [6, 6.07) is 0. The van der Waals surface area contributed by atoms with E-state index in [1.165, 1.54) is 11.8 Å². The quantitative estimate of drug-likeness (QED) is 0.648. The van der Waals surface area contributed by atoms with Crippen molar-refractivity contribution < 1.29 is 14.3 Å². The molecule has 0 amide bonds. The molecule has 0 radical (unpaired) electrons. The summed E-state index contributed by atoms with van der Waals surface area (Å²) in [4.78, 5) is 11.0. The molecule has 0 aromatic carbocycles. The van der Waals surface area contributed by atoms with Gasteiger partial charge in [0.05, 0.1) is 12.7 Å². The van der Waals surface area contributed by atoms with Crippen LogP contribution >= 0.6 is 11.8 Å². The molecule has 1 aliphatic rings. The van der Waals surface area contributed by atoms with Crippen LogP contribution in [0.5, 0.6) is 0 Å². The normalized spacial score (nSPS) is 26.2. The SMILES string of the molecule is CC.CCOC(=O)[C@H]1O[C@@H](C)CS1. The van der Waals surface area contributed by atoms with Crippen LogP contribution in [0, 0.1) is 0 Å². The van der Waals surface area contributed by atoms with Crippen LogP contribution in [-0.4, -0.2) is 29.9 Å². The van der Waals surface area contributed by atoms with Gasteiger partial charge in [0.25, 0.3) is 0 Å². The third-order valence-electron chi connectivity index (χ3n) is 1.32. The Morgan fingerprint density at radius 3 is 2.62 bits per heavy atom. The van der Waals surface area contributed by atoms with Crippen LogP contribution in [0.3, 0.4) is 0 Å². The lowest BCUT2D eigenvalue weighted by Crippen LogP contribution is -2.21. The predicted molar refractivity (Wildman–Crippen MR) is 54.8 cm³/mol. The molecule has 13 heavy (non-hydrogen) atoms. The van der Waals surface area contributed by atoms with Crippen LogP contribution in [-0.2, 0) is 14.3 Å². The maximum atomic E-state index is 11.0. The summed E-state index contributed by atoms with van der Waals surface area (Å²) in [5, 5.41) is 0. The molecular weight excluding hydrogens is 188 g/mol. The van der Waals surface area contributed by atoms with Crippen LogP contribution in [0.2, 0.25) is 0 Å². The largest absolute Gasteiger partial charge is 0.463 e. The molecule has 78 valence electrons. The van der Waals surface area contributed by atoms with Gasteiger partial charge in [-0.25, -0.2) is 4.79 Å². The summed E-state index contributed by atoms with van der Waals surface area (Å²) >= 11 is 1.50. The monoisotopic (exact) mass is 206 g/mol. The molecular formula is C9H18O3S. The lowest BCUT2D eigenvalue weighted by Gasteiger charge is -2.07. The summed E-state index contributed by atoms with van der Waals surface area (Å²) in [5.41, 5.74) is -0.384. The van der Waals surface area contributed by atoms with Crippen LogP contribution in [0.1, 0.15) is 27.7 Å². The van der Waals surface area contributed by atoms with Gasteiger partial charge >= 0.3 is 5.97 Å². The number of ether oxygens (including phenoxy) is 2. The summed E-state index contributed by atoms with van der Waals surface area (Å²) < 4.78 is 10.1. The minimum Gasteiger partial charge on any atom is -0.463 e. The van der Waals surface area contributed by atoms with Gasteiger partial charge in [0.15, 0.2) is 0 Å². The highest BCUT2D eigenvalue weighted by molar-refractivity contribution is 8.00. The number of hydrogen-bond donors (Lipinski definition) is 0. The molecule has 0 aromatic heterocycles. The van der Waals surface area contributed by atoms with E-state index in [-0.39, 0.29) is 17.5 Å². The van der Waals surface area contributed by atoms with Gasteiger partial charge in [0.2, 0.25) is 5.44 Å². The fraction of sp³-hybridized carbons (Fsp3) is 0.889. The van der Waals surface area contributed by atoms with Crippen molar-refractivity contribution in [2.45, 2.75) is 39.2 Å². The summed E-state index contributed by atoms with van der Waals surface area (Å²) in [5.74, 6) is 0.630. The van der Waals surface area contributed by atoms with E-state index >= 15 is 0 Å². The van der Waals surface area contributed by atoms with Crippen molar-refractivity contribution in [1.29, 1.82) is 0 Å². The van der Waals surface area contributed by atoms with Crippen molar-refractivity contribution in [1.82, 2.24) is 0 Å². The fourth-order valence-electron chi connectivity index (χ4n) is 0.846. The summed E-state index contributed by atoms with van der Waals surface area (Å²) in [6.45, 7) is 8.17. The molecule has 3 nitrogen and oxygen atoms in total. The molecule has 0 aliphatic carbocycles. The lowest BCUT2D eigenvalue weighted by molar-refractivity contribution is -0.151. The first-order valence-electron chi connectivity index (χ1n) is 4.67. The van der Waals surface area contributed by atoms with Gasteiger partial charge in [0, 0.05) is 5.75 Å². The Morgan fingerprint density at radius 1 is 1.62 bits per heavy atom. The van der Waals surface area contributed by atoms with Crippen LogP contribution in [0.4, 0.5) is 0 Å². The van der Waals surface area contributed by atoms with Crippen molar-refractivity contribution in [3.8, 4) is 0 Å². The van der Waals surface area contributed by atoms with Gasteiger partial charge < -0.3 is 9.47 Å². The molecule has 0 bridgehead atoms. The Labute approximate surface area is 84.2 Å². The lowest BCUT2D eigenvalue weighted by atomic mass is 10.5. The van der Waals surface area contributed by atoms with Gasteiger partial charge in [-0.3, -0.25) is 0 Å². The van der Waals surface area contributed by atoms with E-state index in [9.17, 15) is 4.79 Å². The molecule has 1 aliphatic heterocycles. The van der Waals surface area contributed by atoms with E-state index in [2.05, 4.69) is 0 Å². The maximum Gasteiger partial charge on any atom is 0.345 e. The zero-order valence-electron chi connectivity index (χ0n) is 8.70. The van der Waals surface area contributed by atoms with E-state index < -0.39 is 0 Å². The highest BCUT2D eigenvalue weighted by Crippen LogP contribution is 2.25. The Hall–Kier alpha value is -0.220. The van der Waals surface area contributed by atoms with Crippen LogP contribution in [0.15, 0.2) is 0 Å². The van der Waals surface area contributed by atoms with Crippen molar-refractivity contribution in [3.05, 3.63) is 0 Å². The number of thioether (sulfide) groups is 1. The molecule has 4 heteroatoms.